The number of fused-ring (bicyclic) bond motifs is 4. The first-order chi connectivity index (χ1) is 65.0. The van der Waals surface area contributed by atoms with Crippen molar-refractivity contribution in [2.45, 2.75) is 40.2 Å². The molecule has 7 heterocycles. The normalized spacial score (nSPS) is 13.6. The van der Waals surface area contributed by atoms with Crippen LogP contribution in [0, 0.1) is 23.3 Å². The lowest BCUT2D eigenvalue weighted by atomic mass is 10.1. The van der Waals surface area contributed by atoms with E-state index < -0.39 is 35.3 Å². The lowest BCUT2D eigenvalue weighted by Crippen LogP contribution is -2.53. The first-order valence-electron chi connectivity index (χ1n) is 43.5. The van der Waals surface area contributed by atoms with E-state index in [0.29, 0.717) is 185 Å². The van der Waals surface area contributed by atoms with Crippen molar-refractivity contribution in [3.8, 4) is 23.0 Å². The summed E-state index contributed by atoms with van der Waals surface area (Å²) in [7, 11) is 7.92. The number of likely N-dealkylation sites (N-methyl/N-ethyl adjacent to an activating group) is 2. The standard InChI is InChI=1S/C28H32FN5O5.C24H26FN5O3.C23H23FN4O4.C23H25FN4O3/c1-28(2,3)39-27(37)34-15-13-33(14-16-34)23(35)17-30-26(36)20-10-12-22-24(25(20)38-4)21(31-32-22)11-7-18-5-8-19(29)9-6-18;1-29-11-13-30(14-12-29)21(31)15-26-24(32)18-8-10-20-22(23(18)33-2)19(27-28-20)9-5-16-3-6-17(25)7-4-16;1-31-22-17(23(30)25-14-20(29)28-10-12-32-13-11-28)7-9-19-21(22)18(26-27-19)8-4-15-2-5-16(24)6-3-15;1-4-28(5-2)20(29)14-25-23(30)17-11-13-19-21(22(17)31-3)18(26-27-19)12-8-15-6-9-16(24)10-7-15/h5-12H,13-17H2,1-4H3,(H,30,36)(H,31,32);3-10H,11-15H2,1-2H3,(H,26,32)(H,27,28);2-9H,10-14H2,1H3,(H,25,30)(H,26,27);6-13H,4-5,14H2,1-3H3,(H,25,30)(H,26,27)/b11-7+;9-5+;8-4+;12-8+. The Kier molecular flexibility index (Phi) is 33.9. The van der Waals surface area contributed by atoms with Gasteiger partial charge in [-0.2, -0.15) is 20.4 Å². The molecule has 0 unspecified atom stereocenters. The largest absolute Gasteiger partial charge is 0.495 e. The summed E-state index contributed by atoms with van der Waals surface area (Å²) in [4.78, 5) is 124. The van der Waals surface area contributed by atoms with Gasteiger partial charge in [-0.1, -0.05) is 72.8 Å². The molecule has 3 fully saturated rings. The van der Waals surface area contributed by atoms with Crippen molar-refractivity contribution in [1.29, 1.82) is 0 Å². The Labute approximate surface area is 775 Å². The van der Waals surface area contributed by atoms with Crippen LogP contribution in [0.4, 0.5) is 22.4 Å². The summed E-state index contributed by atoms with van der Waals surface area (Å²) < 4.78 is 85.5. The number of halogens is 4. The number of morpholine rings is 1. The minimum absolute atomic E-state index is 0.0769. The second-order valence-corrected chi connectivity index (χ2v) is 32.1. The number of aromatic nitrogens is 8. The van der Waals surface area contributed by atoms with Gasteiger partial charge in [0.15, 0.2) is 0 Å². The second-order valence-electron chi connectivity index (χ2n) is 32.1. The van der Waals surface area contributed by atoms with Crippen molar-refractivity contribution < 1.29 is 89.1 Å². The number of methoxy groups -OCH3 is 4. The third-order valence-corrected chi connectivity index (χ3v) is 22.1. The molecule has 706 valence electrons. The van der Waals surface area contributed by atoms with Gasteiger partial charge in [-0.3, -0.25) is 58.8 Å². The number of H-pyrrole nitrogens is 4. The summed E-state index contributed by atoms with van der Waals surface area (Å²) in [6, 6.07) is 37.6. The average molecular weight is 1850 g/mol. The van der Waals surface area contributed by atoms with Gasteiger partial charge in [-0.05, 0) is 185 Å². The van der Waals surface area contributed by atoms with Crippen LogP contribution >= 0.6 is 0 Å². The molecule has 0 atom stereocenters. The van der Waals surface area contributed by atoms with Crippen molar-refractivity contribution in [3.63, 3.8) is 0 Å². The van der Waals surface area contributed by atoms with Gasteiger partial charge in [0, 0.05) is 78.5 Å². The van der Waals surface area contributed by atoms with Crippen LogP contribution in [0.5, 0.6) is 23.0 Å². The molecular weight excluding hydrogens is 1750 g/mol. The van der Waals surface area contributed by atoms with Gasteiger partial charge in [-0.15, -0.1) is 0 Å². The second kappa shape index (κ2) is 46.5. The first kappa shape index (κ1) is 98.5. The Morgan fingerprint density at radius 3 is 0.896 bits per heavy atom. The molecule has 3 aliphatic rings. The molecule has 3 saturated heterocycles. The molecule has 0 saturated carbocycles. The van der Waals surface area contributed by atoms with Crippen molar-refractivity contribution in [1.82, 2.24) is 91.5 Å². The topological polar surface area (TPSA) is 391 Å². The van der Waals surface area contributed by atoms with Gasteiger partial charge in [0.1, 0.15) is 51.9 Å². The van der Waals surface area contributed by atoms with Gasteiger partial charge < -0.3 is 79.1 Å². The molecule has 37 heteroatoms. The molecule has 3 aliphatic heterocycles. The number of benzene rings is 8. The predicted octanol–water partition coefficient (Wildman–Crippen LogP) is 12.0. The molecule has 0 aliphatic carbocycles. The van der Waals surface area contributed by atoms with E-state index >= 15 is 0 Å². The quantitative estimate of drug-likeness (QED) is 0.0233. The summed E-state index contributed by atoms with van der Waals surface area (Å²) in [5.74, 6) is -2.20. The number of carbonyl (C=O) groups is 9. The van der Waals surface area contributed by atoms with E-state index in [-0.39, 0.29) is 78.6 Å². The van der Waals surface area contributed by atoms with Crippen LogP contribution in [0.2, 0.25) is 0 Å². The smallest absolute Gasteiger partial charge is 0.410 e. The van der Waals surface area contributed by atoms with Gasteiger partial charge in [-0.25, -0.2) is 22.4 Å². The van der Waals surface area contributed by atoms with Gasteiger partial charge in [0.2, 0.25) is 23.6 Å². The monoisotopic (exact) mass is 1850 g/mol. The van der Waals surface area contributed by atoms with E-state index in [4.69, 9.17) is 28.4 Å². The maximum Gasteiger partial charge on any atom is 0.410 e. The fraction of sp³-hybridized carbons (Fsp3) is 0.296. The first-order valence-corrected chi connectivity index (χ1v) is 43.5. The molecule has 0 radical (unpaired) electrons. The number of amides is 9. The predicted molar refractivity (Wildman–Crippen MR) is 505 cm³/mol. The number of hydrogen-bond donors (Lipinski definition) is 8. The van der Waals surface area contributed by atoms with Crippen LogP contribution in [-0.2, 0) is 28.7 Å². The molecule has 8 N–H and O–H groups in total. The van der Waals surface area contributed by atoms with Crippen LogP contribution in [0.1, 0.15) is 121 Å². The van der Waals surface area contributed by atoms with Crippen molar-refractivity contribution in [3.05, 3.63) is 236 Å². The summed E-state index contributed by atoms with van der Waals surface area (Å²) in [6.07, 6.45) is 14.0. The number of nitrogens with one attached hydrogen (secondary N) is 8. The zero-order valence-corrected chi connectivity index (χ0v) is 76.3. The van der Waals surface area contributed by atoms with Crippen LogP contribution in [-0.4, -0.2) is 283 Å². The highest BCUT2D eigenvalue weighted by Gasteiger charge is 2.31. The zero-order valence-electron chi connectivity index (χ0n) is 76.3. The van der Waals surface area contributed by atoms with Gasteiger partial charge >= 0.3 is 6.09 Å². The summed E-state index contributed by atoms with van der Waals surface area (Å²) in [6.45, 7) is 16.3. The fourth-order valence-corrected chi connectivity index (χ4v) is 14.8. The molecule has 9 amide bonds. The number of aromatic amines is 4. The Balaban J connectivity index is 0.000000163. The van der Waals surface area contributed by atoms with E-state index in [9.17, 15) is 60.7 Å². The fourth-order valence-electron chi connectivity index (χ4n) is 14.8. The van der Waals surface area contributed by atoms with E-state index in [2.05, 4.69) is 67.0 Å². The Morgan fingerprint density at radius 1 is 0.370 bits per heavy atom. The van der Waals surface area contributed by atoms with Gasteiger partial charge in [0.25, 0.3) is 23.6 Å². The van der Waals surface area contributed by atoms with E-state index in [1.165, 1.54) is 77.0 Å². The molecule has 15 rings (SSSR count). The third-order valence-electron chi connectivity index (χ3n) is 22.1. The van der Waals surface area contributed by atoms with Crippen molar-refractivity contribution in [2.24, 2.45) is 0 Å². The summed E-state index contributed by atoms with van der Waals surface area (Å²) in [5.41, 5.74) is 8.84. The van der Waals surface area contributed by atoms with E-state index in [0.717, 1.165) is 35.3 Å². The summed E-state index contributed by atoms with van der Waals surface area (Å²) >= 11 is 0. The lowest BCUT2D eigenvalue weighted by molar-refractivity contribution is -0.134. The third kappa shape index (κ3) is 25.8. The minimum Gasteiger partial charge on any atom is -0.495 e. The number of rotatable bonds is 26. The molecule has 8 aromatic carbocycles. The van der Waals surface area contributed by atoms with Crippen LogP contribution < -0.4 is 40.2 Å². The highest BCUT2D eigenvalue weighted by atomic mass is 19.1. The number of hydrogen-bond acceptors (Lipinski definition) is 20. The minimum atomic E-state index is -0.589. The van der Waals surface area contributed by atoms with Crippen LogP contribution in [0.3, 0.4) is 0 Å². The van der Waals surface area contributed by atoms with Crippen molar-refractivity contribution >= 4 is 146 Å². The lowest BCUT2D eigenvalue weighted by Gasteiger charge is -2.35. The molecule has 12 aromatic rings. The number of carbonyl (C=O) groups excluding carboxylic acids is 9. The molecule has 135 heavy (non-hydrogen) atoms. The Hall–Kier alpha value is -15.5. The Morgan fingerprint density at radius 2 is 0.630 bits per heavy atom. The molecule has 33 nitrogen and oxygen atoms in total. The zero-order chi connectivity index (χ0) is 96.4. The number of ether oxygens (including phenoxy) is 6. The van der Waals surface area contributed by atoms with Crippen molar-refractivity contribution in [2.75, 3.05) is 153 Å². The van der Waals surface area contributed by atoms with E-state index in [1.807, 2.05) is 27.0 Å². The molecule has 0 bridgehead atoms. The maximum atomic E-state index is 13.2. The molecule has 0 spiro atoms. The van der Waals surface area contributed by atoms with E-state index in [1.54, 1.807) is 185 Å². The van der Waals surface area contributed by atoms with Crippen LogP contribution in [0.25, 0.3) is 92.2 Å². The number of nitrogens with zero attached hydrogens (tertiary/aromatic N) is 10. The average Bonchev–Trinajstić information content (AvgIpc) is 1.67. The number of piperazine rings is 2. The highest BCUT2D eigenvalue weighted by Crippen LogP contribution is 2.37. The SMILES string of the molecule is CCN(CC)C(=O)CNC(=O)c1ccc2n[nH]c(/C=C/c3ccc(F)cc3)c2c1OC.COc1c(C(=O)NCC(=O)N2CCN(C(=O)OC(C)(C)C)CC2)ccc2n[nH]c(/C=C/c3ccc(F)cc3)c12.COc1c(C(=O)NCC(=O)N2CCN(C)CC2)ccc2n[nH]c(/C=C/c3ccc(F)cc3)c12.COc1c(C(=O)NCC(=O)N2CCOCC2)ccc2n[nH]c(/C=C/c3ccc(F)cc3)c12. The highest BCUT2D eigenvalue weighted by molar-refractivity contribution is 6.10. The molecular formula is C98H106F4N18O15. The maximum absolute atomic E-state index is 13.2. The molecule has 4 aromatic heterocycles. The summed E-state index contributed by atoms with van der Waals surface area (Å²) in [5, 5.41) is 42.1. The van der Waals surface area contributed by atoms with Gasteiger partial charge in [0.05, 0.1) is 156 Å². The Bertz CT molecular complexity index is 6340. The van der Waals surface area contributed by atoms with Crippen LogP contribution in [0.15, 0.2) is 146 Å².